The summed E-state index contributed by atoms with van der Waals surface area (Å²) in [7, 11) is 1.83. The van der Waals surface area contributed by atoms with Gasteiger partial charge in [0.2, 0.25) is 0 Å². The summed E-state index contributed by atoms with van der Waals surface area (Å²) >= 11 is 0. The Morgan fingerprint density at radius 1 is 1.50 bits per heavy atom. The summed E-state index contributed by atoms with van der Waals surface area (Å²) in [5, 5.41) is 7.10. The number of hydrogen-bond acceptors (Lipinski definition) is 3. The molecule has 0 spiro atoms. The van der Waals surface area contributed by atoms with Crippen LogP contribution in [0.25, 0.3) is 5.82 Å². The van der Waals surface area contributed by atoms with Crippen LogP contribution in [0.2, 0.25) is 0 Å². The maximum Gasteiger partial charge on any atom is 0.256 e. The van der Waals surface area contributed by atoms with Gasteiger partial charge in [0.15, 0.2) is 0 Å². The highest BCUT2D eigenvalue weighted by Gasteiger charge is 2.20. The topological polar surface area (TPSA) is 61.1 Å². The average molecular weight is 274 g/mol. The van der Waals surface area contributed by atoms with E-state index in [0.717, 1.165) is 25.3 Å². The fourth-order valence-corrected chi connectivity index (χ4v) is 2.48. The summed E-state index contributed by atoms with van der Waals surface area (Å²) in [5.74, 6) is 0.650. The summed E-state index contributed by atoms with van der Waals surface area (Å²) in [6.07, 6.45) is 7.62. The molecule has 0 bridgehead atoms. The molecule has 1 atom stereocenters. The molecular formula is C14H18N4O2. The lowest BCUT2D eigenvalue weighted by atomic mass is 10.2. The third-order valence-electron chi connectivity index (χ3n) is 3.52. The number of amides is 1. The maximum atomic E-state index is 12.3. The highest BCUT2D eigenvalue weighted by Crippen LogP contribution is 2.15. The van der Waals surface area contributed by atoms with Gasteiger partial charge in [-0.25, -0.2) is 0 Å². The van der Waals surface area contributed by atoms with Crippen molar-refractivity contribution in [3.8, 4) is 5.82 Å². The van der Waals surface area contributed by atoms with Gasteiger partial charge in [-0.15, -0.1) is 0 Å². The summed E-state index contributed by atoms with van der Waals surface area (Å²) < 4.78 is 9.08. The van der Waals surface area contributed by atoms with Crippen molar-refractivity contribution in [2.45, 2.75) is 18.9 Å². The van der Waals surface area contributed by atoms with Crippen molar-refractivity contribution in [3.05, 3.63) is 36.3 Å². The normalized spacial score (nSPS) is 18.4. The summed E-state index contributed by atoms with van der Waals surface area (Å²) in [6.45, 7) is 1.35. The molecule has 0 aliphatic carbocycles. The number of aromatic nitrogens is 3. The molecule has 3 rings (SSSR count). The fraction of sp³-hybridized carbons (Fsp3) is 0.429. The maximum absolute atomic E-state index is 12.3. The largest absolute Gasteiger partial charge is 0.376 e. The molecule has 6 nitrogen and oxygen atoms in total. The second kappa shape index (κ2) is 5.50. The molecule has 0 saturated carbocycles. The summed E-state index contributed by atoms with van der Waals surface area (Å²) in [5.41, 5.74) is 0.571. The van der Waals surface area contributed by atoms with Gasteiger partial charge in [0.05, 0.1) is 12.3 Å². The predicted octanol–water partition coefficient (Wildman–Crippen LogP) is 1.12. The Kier molecular flexibility index (Phi) is 3.56. The molecule has 106 valence electrons. The third-order valence-corrected chi connectivity index (χ3v) is 3.52. The van der Waals surface area contributed by atoms with Crippen molar-refractivity contribution < 1.29 is 9.53 Å². The van der Waals surface area contributed by atoms with Gasteiger partial charge >= 0.3 is 0 Å². The van der Waals surface area contributed by atoms with Crippen LogP contribution in [0.3, 0.4) is 0 Å². The molecule has 1 amide bonds. The van der Waals surface area contributed by atoms with Crippen molar-refractivity contribution in [1.29, 1.82) is 0 Å². The SMILES string of the molecule is Cn1ncc(C(=O)NC[C@@H]2CCCO2)c1-n1cccc1. The smallest absolute Gasteiger partial charge is 0.256 e. The molecule has 20 heavy (non-hydrogen) atoms. The number of nitrogens with zero attached hydrogens (tertiary/aromatic N) is 3. The predicted molar refractivity (Wildman–Crippen MR) is 73.8 cm³/mol. The lowest BCUT2D eigenvalue weighted by molar-refractivity contribution is 0.0857. The standard InChI is InChI=1S/C14H18N4O2/c1-17-14(18-6-2-3-7-18)12(10-16-17)13(19)15-9-11-5-4-8-20-11/h2-3,6-7,10-11H,4-5,8-9H2,1H3,(H,15,19)/t11-/m0/s1. The lowest BCUT2D eigenvalue weighted by Gasteiger charge is -2.11. The van der Waals surface area contributed by atoms with Gasteiger partial charge in [0.1, 0.15) is 11.4 Å². The molecule has 3 heterocycles. The number of rotatable bonds is 4. The van der Waals surface area contributed by atoms with Crippen molar-refractivity contribution in [2.75, 3.05) is 13.2 Å². The first kappa shape index (κ1) is 12.9. The second-order valence-corrected chi connectivity index (χ2v) is 4.94. The molecular weight excluding hydrogens is 256 g/mol. The van der Waals surface area contributed by atoms with Gasteiger partial charge < -0.3 is 14.6 Å². The molecule has 2 aromatic rings. The van der Waals surface area contributed by atoms with Crippen molar-refractivity contribution >= 4 is 5.91 Å². The van der Waals surface area contributed by atoms with Crippen LogP contribution in [0.1, 0.15) is 23.2 Å². The van der Waals surface area contributed by atoms with E-state index in [1.165, 1.54) is 0 Å². The Labute approximate surface area is 117 Å². The fourth-order valence-electron chi connectivity index (χ4n) is 2.48. The number of nitrogens with one attached hydrogen (secondary N) is 1. The van der Waals surface area contributed by atoms with E-state index in [1.54, 1.807) is 10.9 Å². The zero-order valence-electron chi connectivity index (χ0n) is 11.5. The van der Waals surface area contributed by atoms with E-state index < -0.39 is 0 Å². The zero-order valence-corrected chi connectivity index (χ0v) is 11.5. The van der Waals surface area contributed by atoms with Crippen molar-refractivity contribution in [3.63, 3.8) is 0 Å². The number of aryl methyl sites for hydroxylation is 1. The third kappa shape index (κ3) is 2.46. The van der Waals surface area contributed by atoms with E-state index >= 15 is 0 Å². The number of ether oxygens (including phenoxy) is 1. The van der Waals surface area contributed by atoms with Crippen LogP contribution >= 0.6 is 0 Å². The Morgan fingerprint density at radius 3 is 3.00 bits per heavy atom. The van der Waals surface area contributed by atoms with Gasteiger partial charge in [-0.2, -0.15) is 5.10 Å². The molecule has 6 heteroatoms. The van der Waals surface area contributed by atoms with Crippen LogP contribution in [-0.4, -0.2) is 39.5 Å². The molecule has 0 radical (unpaired) electrons. The van der Waals surface area contributed by atoms with E-state index in [1.807, 2.05) is 36.1 Å². The van der Waals surface area contributed by atoms with E-state index in [4.69, 9.17) is 4.74 Å². The first-order valence-corrected chi connectivity index (χ1v) is 6.81. The first-order chi connectivity index (χ1) is 9.75. The molecule has 1 aliphatic rings. The first-order valence-electron chi connectivity index (χ1n) is 6.81. The molecule has 1 fully saturated rings. The van der Waals surface area contributed by atoms with Crippen molar-refractivity contribution in [2.24, 2.45) is 7.05 Å². The van der Waals surface area contributed by atoms with Crippen molar-refractivity contribution in [1.82, 2.24) is 19.7 Å². The molecule has 2 aromatic heterocycles. The number of hydrogen-bond donors (Lipinski definition) is 1. The minimum atomic E-state index is -0.114. The van der Waals surface area contributed by atoms with Crippen LogP contribution < -0.4 is 5.32 Å². The molecule has 0 aromatic carbocycles. The minimum absolute atomic E-state index is 0.114. The number of carbonyl (C=O) groups is 1. The monoisotopic (exact) mass is 274 g/mol. The molecule has 0 unspecified atom stereocenters. The van der Waals surface area contributed by atoms with Crippen LogP contribution in [0, 0.1) is 0 Å². The second-order valence-electron chi connectivity index (χ2n) is 4.94. The Hall–Kier alpha value is -2.08. The molecule has 1 saturated heterocycles. The van der Waals surface area contributed by atoms with Crippen LogP contribution in [-0.2, 0) is 11.8 Å². The van der Waals surface area contributed by atoms with E-state index in [2.05, 4.69) is 10.4 Å². The van der Waals surface area contributed by atoms with Gasteiger partial charge in [-0.05, 0) is 25.0 Å². The van der Waals surface area contributed by atoms with Crippen LogP contribution in [0.4, 0.5) is 0 Å². The minimum Gasteiger partial charge on any atom is -0.376 e. The van der Waals surface area contributed by atoms with Gasteiger partial charge in [0.25, 0.3) is 5.91 Å². The van der Waals surface area contributed by atoms with Gasteiger partial charge in [0, 0.05) is 32.6 Å². The average Bonchev–Trinajstić information content (AvgIpc) is 3.17. The quantitative estimate of drug-likeness (QED) is 0.909. The highest BCUT2D eigenvalue weighted by atomic mass is 16.5. The highest BCUT2D eigenvalue weighted by molar-refractivity contribution is 5.97. The Balaban J connectivity index is 1.74. The van der Waals surface area contributed by atoms with Crippen LogP contribution in [0.15, 0.2) is 30.7 Å². The molecule has 1 N–H and O–H groups in total. The van der Waals surface area contributed by atoms with E-state index in [9.17, 15) is 4.79 Å². The Morgan fingerprint density at radius 2 is 2.30 bits per heavy atom. The van der Waals surface area contributed by atoms with Gasteiger partial charge in [-0.3, -0.25) is 9.48 Å². The van der Waals surface area contributed by atoms with Gasteiger partial charge in [-0.1, -0.05) is 0 Å². The van der Waals surface area contributed by atoms with E-state index in [0.29, 0.717) is 12.1 Å². The molecule has 1 aliphatic heterocycles. The Bertz CT molecular complexity index is 582. The number of carbonyl (C=O) groups excluding carboxylic acids is 1. The summed E-state index contributed by atoms with van der Waals surface area (Å²) in [4.78, 5) is 12.3. The lowest BCUT2D eigenvalue weighted by Crippen LogP contribution is -2.32. The summed E-state index contributed by atoms with van der Waals surface area (Å²) in [6, 6.07) is 3.84. The van der Waals surface area contributed by atoms with E-state index in [-0.39, 0.29) is 12.0 Å². The van der Waals surface area contributed by atoms with Crippen LogP contribution in [0.5, 0.6) is 0 Å². The zero-order chi connectivity index (χ0) is 13.9.